The summed E-state index contributed by atoms with van der Waals surface area (Å²) in [6.45, 7) is 2.32. The van der Waals surface area contributed by atoms with Crippen LogP contribution in [0.15, 0.2) is 63.9 Å². The van der Waals surface area contributed by atoms with Gasteiger partial charge in [0.15, 0.2) is 17.5 Å². The number of oxazole rings is 1. The van der Waals surface area contributed by atoms with Gasteiger partial charge in [0.1, 0.15) is 12.4 Å². The molecule has 3 aromatic heterocycles. The standard InChI is InChI=1S/C21H20BrN5O2/c1-14-10-23-19(29-14)9-17-12-27(2)21(25-17)26-20-18(8-16(22)11-24-20)28-13-15-6-4-3-5-7-15/h3-8,10-12H,9,13H2,1-2H3,(H,24,25,26). The van der Waals surface area contributed by atoms with E-state index in [1.807, 2.05) is 61.1 Å². The average Bonchev–Trinajstić information content (AvgIpc) is 3.27. The minimum Gasteiger partial charge on any atom is -0.485 e. The van der Waals surface area contributed by atoms with Crippen LogP contribution >= 0.6 is 15.9 Å². The van der Waals surface area contributed by atoms with E-state index in [-0.39, 0.29) is 0 Å². The molecule has 3 heterocycles. The highest BCUT2D eigenvalue weighted by atomic mass is 79.9. The number of benzene rings is 1. The number of hydrogen-bond acceptors (Lipinski definition) is 6. The summed E-state index contributed by atoms with van der Waals surface area (Å²) < 4.78 is 14.3. The molecule has 0 amide bonds. The highest BCUT2D eigenvalue weighted by Crippen LogP contribution is 2.29. The van der Waals surface area contributed by atoms with Gasteiger partial charge in [-0.25, -0.2) is 15.0 Å². The number of aromatic nitrogens is 4. The Labute approximate surface area is 176 Å². The quantitative estimate of drug-likeness (QED) is 0.433. The third-order valence-electron chi connectivity index (χ3n) is 4.21. The monoisotopic (exact) mass is 453 g/mol. The summed E-state index contributed by atoms with van der Waals surface area (Å²) in [6.07, 6.45) is 5.89. The van der Waals surface area contributed by atoms with Crippen molar-refractivity contribution in [2.45, 2.75) is 20.0 Å². The SMILES string of the molecule is Cc1cnc(Cc2cn(C)c(Nc3ncc(Br)cc3OCc3ccccc3)n2)o1. The van der Waals surface area contributed by atoms with Crippen LogP contribution in [0.5, 0.6) is 5.75 Å². The number of hydrogen-bond donors (Lipinski definition) is 1. The molecule has 4 rings (SSSR count). The maximum absolute atomic E-state index is 6.00. The third kappa shape index (κ3) is 4.83. The predicted molar refractivity (Wildman–Crippen MR) is 113 cm³/mol. The maximum Gasteiger partial charge on any atom is 0.208 e. The van der Waals surface area contributed by atoms with E-state index in [0.717, 1.165) is 21.5 Å². The van der Waals surface area contributed by atoms with Crippen molar-refractivity contribution in [3.05, 3.63) is 82.4 Å². The number of pyridine rings is 1. The van der Waals surface area contributed by atoms with Crippen LogP contribution in [-0.2, 0) is 20.1 Å². The summed E-state index contributed by atoms with van der Waals surface area (Å²) in [5.41, 5.74) is 1.93. The highest BCUT2D eigenvalue weighted by Gasteiger charge is 2.13. The molecule has 0 aliphatic heterocycles. The molecule has 1 N–H and O–H groups in total. The Balaban J connectivity index is 1.51. The van der Waals surface area contributed by atoms with Crippen LogP contribution in [0.3, 0.4) is 0 Å². The van der Waals surface area contributed by atoms with Gasteiger partial charge >= 0.3 is 0 Å². The zero-order valence-electron chi connectivity index (χ0n) is 16.1. The number of rotatable bonds is 7. The topological polar surface area (TPSA) is 78.0 Å². The molecule has 0 unspecified atom stereocenters. The molecule has 0 atom stereocenters. The average molecular weight is 454 g/mol. The zero-order chi connectivity index (χ0) is 20.2. The minimum absolute atomic E-state index is 0.447. The lowest BCUT2D eigenvalue weighted by Crippen LogP contribution is -2.04. The molecule has 7 nitrogen and oxygen atoms in total. The number of imidazole rings is 1. The molecule has 8 heteroatoms. The van der Waals surface area contributed by atoms with Gasteiger partial charge < -0.3 is 19.0 Å². The van der Waals surface area contributed by atoms with Gasteiger partial charge in [-0.3, -0.25) is 0 Å². The fraction of sp³-hybridized carbons (Fsp3) is 0.190. The van der Waals surface area contributed by atoms with Gasteiger partial charge in [0.05, 0.1) is 18.3 Å². The van der Waals surface area contributed by atoms with Gasteiger partial charge in [-0.05, 0) is 34.5 Å². The van der Waals surface area contributed by atoms with Crippen molar-refractivity contribution in [2.75, 3.05) is 5.32 Å². The van der Waals surface area contributed by atoms with E-state index in [1.54, 1.807) is 12.4 Å². The summed E-state index contributed by atoms with van der Waals surface area (Å²) in [6, 6.07) is 11.9. The smallest absolute Gasteiger partial charge is 0.208 e. The van der Waals surface area contributed by atoms with Crippen LogP contribution in [-0.4, -0.2) is 19.5 Å². The van der Waals surface area contributed by atoms with E-state index in [4.69, 9.17) is 9.15 Å². The van der Waals surface area contributed by atoms with Crippen LogP contribution in [0.2, 0.25) is 0 Å². The summed E-state index contributed by atoms with van der Waals surface area (Å²) in [7, 11) is 1.92. The number of halogens is 1. The molecule has 0 aliphatic carbocycles. The molecule has 0 radical (unpaired) electrons. The molecule has 4 aromatic rings. The Morgan fingerprint density at radius 1 is 1.17 bits per heavy atom. The summed E-state index contributed by atoms with van der Waals surface area (Å²) in [4.78, 5) is 13.3. The molecular formula is C21H20BrN5O2. The Morgan fingerprint density at radius 3 is 2.76 bits per heavy atom. The number of anilines is 2. The Bertz CT molecular complexity index is 1110. The molecular weight excluding hydrogens is 434 g/mol. The van der Waals surface area contributed by atoms with Crippen LogP contribution in [0.25, 0.3) is 0 Å². The fourth-order valence-corrected chi connectivity index (χ4v) is 3.14. The summed E-state index contributed by atoms with van der Waals surface area (Å²) in [5, 5.41) is 3.26. The molecule has 0 aliphatic rings. The first-order chi connectivity index (χ1) is 14.1. The molecule has 0 bridgehead atoms. The number of nitrogens with zero attached hydrogens (tertiary/aromatic N) is 4. The number of nitrogens with one attached hydrogen (secondary N) is 1. The van der Waals surface area contributed by atoms with Crippen molar-refractivity contribution in [3.63, 3.8) is 0 Å². The Morgan fingerprint density at radius 2 is 2.00 bits per heavy atom. The molecule has 1 aromatic carbocycles. The fourth-order valence-electron chi connectivity index (χ4n) is 2.83. The first-order valence-corrected chi connectivity index (χ1v) is 9.89. The van der Waals surface area contributed by atoms with E-state index in [0.29, 0.717) is 36.4 Å². The second kappa shape index (κ2) is 8.48. The van der Waals surface area contributed by atoms with Crippen LogP contribution < -0.4 is 10.1 Å². The minimum atomic E-state index is 0.447. The van der Waals surface area contributed by atoms with Crippen molar-refractivity contribution in [2.24, 2.45) is 7.05 Å². The number of aryl methyl sites for hydroxylation is 2. The second-order valence-electron chi connectivity index (χ2n) is 6.61. The zero-order valence-corrected chi connectivity index (χ0v) is 17.7. The van der Waals surface area contributed by atoms with Crippen LogP contribution in [0.4, 0.5) is 11.8 Å². The first kappa shape index (κ1) is 19.2. The van der Waals surface area contributed by atoms with Gasteiger partial charge in [0.25, 0.3) is 0 Å². The lowest BCUT2D eigenvalue weighted by atomic mass is 10.2. The molecule has 0 saturated carbocycles. The Hall–Kier alpha value is -3.13. The van der Waals surface area contributed by atoms with E-state index in [9.17, 15) is 0 Å². The van der Waals surface area contributed by atoms with Gasteiger partial charge in [-0.2, -0.15) is 0 Å². The number of ether oxygens (including phenoxy) is 1. The predicted octanol–water partition coefficient (Wildman–Crippen LogP) is 4.79. The second-order valence-corrected chi connectivity index (χ2v) is 7.52. The van der Waals surface area contributed by atoms with E-state index >= 15 is 0 Å². The lowest BCUT2D eigenvalue weighted by molar-refractivity contribution is 0.306. The molecule has 0 spiro atoms. The van der Waals surface area contributed by atoms with Crippen molar-refractivity contribution in [1.82, 2.24) is 19.5 Å². The molecule has 29 heavy (non-hydrogen) atoms. The molecule has 0 fully saturated rings. The van der Waals surface area contributed by atoms with Gasteiger partial charge in [0.2, 0.25) is 5.95 Å². The van der Waals surface area contributed by atoms with Gasteiger partial charge in [-0.15, -0.1) is 0 Å². The highest BCUT2D eigenvalue weighted by molar-refractivity contribution is 9.10. The van der Waals surface area contributed by atoms with E-state index < -0.39 is 0 Å². The van der Waals surface area contributed by atoms with Crippen LogP contribution in [0, 0.1) is 6.92 Å². The lowest BCUT2D eigenvalue weighted by Gasteiger charge is -2.12. The normalized spacial score (nSPS) is 10.9. The van der Waals surface area contributed by atoms with Gasteiger partial charge in [-0.1, -0.05) is 30.3 Å². The van der Waals surface area contributed by atoms with Crippen molar-refractivity contribution >= 4 is 27.7 Å². The van der Waals surface area contributed by atoms with E-state index in [2.05, 4.69) is 36.2 Å². The summed E-state index contributed by atoms with van der Waals surface area (Å²) >= 11 is 3.46. The molecule has 0 saturated heterocycles. The summed E-state index contributed by atoms with van der Waals surface area (Å²) in [5.74, 6) is 3.31. The van der Waals surface area contributed by atoms with E-state index in [1.165, 1.54) is 0 Å². The first-order valence-electron chi connectivity index (χ1n) is 9.09. The molecule has 148 valence electrons. The van der Waals surface area contributed by atoms with Crippen LogP contribution in [0.1, 0.15) is 22.9 Å². The third-order valence-corrected chi connectivity index (χ3v) is 4.65. The van der Waals surface area contributed by atoms with Crippen molar-refractivity contribution in [3.8, 4) is 5.75 Å². The van der Waals surface area contributed by atoms with Crippen molar-refractivity contribution in [1.29, 1.82) is 0 Å². The van der Waals surface area contributed by atoms with Crippen molar-refractivity contribution < 1.29 is 9.15 Å². The maximum atomic E-state index is 6.00. The largest absolute Gasteiger partial charge is 0.485 e. The Kier molecular flexibility index (Phi) is 5.62. The van der Waals surface area contributed by atoms with Gasteiger partial charge in [0, 0.05) is 23.9 Å².